The summed E-state index contributed by atoms with van der Waals surface area (Å²) in [6.45, 7) is 3.97. The number of carbonyl (C=O) groups excluding carboxylic acids is 1. The molecule has 2 N–H and O–H groups in total. The Bertz CT molecular complexity index is 1210. The summed E-state index contributed by atoms with van der Waals surface area (Å²) in [6, 6.07) is 28.4. The molecule has 5 heteroatoms. The van der Waals surface area contributed by atoms with Crippen LogP contribution in [0.25, 0.3) is 11.1 Å². The first-order chi connectivity index (χ1) is 15.8. The van der Waals surface area contributed by atoms with E-state index in [0.717, 1.165) is 16.7 Å². The predicted molar refractivity (Wildman–Crippen MR) is 128 cm³/mol. The fourth-order valence-corrected chi connectivity index (χ4v) is 2.92. The second-order valence-electron chi connectivity index (χ2n) is 7.50. The summed E-state index contributed by atoms with van der Waals surface area (Å²) in [6.07, 6.45) is 0. The molecule has 0 aliphatic heterocycles. The number of esters is 1. The van der Waals surface area contributed by atoms with E-state index in [1.165, 1.54) is 29.8 Å². The third-order valence-corrected chi connectivity index (χ3v) is 4.85. The number of carboxylic acid groups (broad SMARTS) is 1. The maximum Gasteiger partial charge on any atom is 0.343 e. The van der Waals surface area contributed by atoms with Crippen molar-refractivity contribution in [2.45, 2.75) is 13.8 Å². The summed E-state index contributed by atoms with van der Waals surface area (Å²) in [5.41, 5.74) is 5.20. The number of aromatic carboxylic acids is 1. The largest absolute Gasteiger partial charge is 0.508 e. The van der Waals surface area contributed by atoms with Crippen LogP contribution >= 0.6 is 0 Å². The molecule has 0 radical (unpaired) electrons. The van der Waals surface area contributed by atoms with Gasteiger partial charge in [0.2, 0.25) is 0 Å². The quantitative estimate of drug-likeness (QED) is 0.288. The third kappa shape index (κ3) is 6.80. The predicted octanol–water partition coefficient (Wildman–Crippen LogP) is 6.28. The van der Waals surface area contributed by atoms with Crippen molar-refractivity contribution in [1.82, 2.24) is 0 Å². The Morgan fingerprint density at radius 1 is 0.606 bits per heavy atom. The Morgan fingerprint density at radius 3 is 1.52 bits per heavy atom. The zero-order valence-electron chi connectivity index (χ0n) is 18.4. The monoisotopic (exact) mass is 440 g/mol. The van der Waals surface area contributed by atoms with Crippen LogP contribution in [0.15, 0.2) is 97.1 Å². The van der Waals surface area contributed by atoms with E-state index < -0.39 is 11.9 Å². The minimum atomic E-state index is -0.875. The summed E-state index contributed by atoms with van der Waals surface area (Å²) in [5.74, 6) is -0.726. The molecule has 0 fully saturated rings. The number of ether oxygens (including phenoxy) is 1. The van der Waals surface area contributed by atoms with E-state index in [0.29, 0.717) is 16.9 Å². The molecule has 0 saturated carbocycles. The Kier molecular flexibility index (Phi) is 7.60. The highest BCUT2D eigenvalue weighted by Crippen LogP contribution is 2.23. The number of carboxylic acids is 1. The number of phenols is 1. The van der Waals surface area contributed by atoms with E-state index in [1.807, 2.05) is 19.1 Å². The van der Waals surface area contributed by atoms with Gasteiger partial charge in [-0.05, 0) is 73.5 Å². The van der Waals surface area contributed by atoms with Crippen LogP contribution in [0.5, 0.6) is 11.5 Å². The third-order valence-electron chi connectivity index (χ3n) is 4.85. The molecule has 0 aliphatic carbocycles. The van der Waals surface area contributed by atoms with E-state index in [1.54, 1.807) is 36.4 Å². The van der Waals surface area contributed by atoms with Crippen molar-refractivity contribution in [3.05, 3.63) is 119 Å². The standard InChI is InChI=1S/C20H16O3.C8H8O2/c1-14-2-4-15(5-3-14)16-8-12-19(13-9-16)23-20(22)17-6-10-18(21)11-7-17;1-6-2-4-7(5-3-6)8(9)10/h2-13,21H,1H3;2-5H,1H3,(H,9,10). The lowest BCUT2D eigenvalue weighted by Crippen LogP contribution is -2.07. The molecule has 0 spiro atoms. The molecule has 0 heterocycles. The number of phenolic OH excluding ortho intramolecular Hbond substituents is 1. The van der Waals surface area contributed by atoms with Gasteiger partial charge in [0.1, 0.15) is 11.5 Å². The maximum atomic E-state index is 12.0. The lowest BCUT2D eigenvalue weighted by molar-refractivity contribution is 0.0694. The lowest BCUT2D eigenvalue weighted by Gasteiger charge is -2.06. The van der Waals surface area contributed by atoms with E-state index in [-0.39, 0.29) is 5.75 Å². The molecule has 0 atom stereocenters. The summed E-state index contributed by atoms with van der Waals surface area (Å²) < 4.78 is 5.33. The molecule has 0 aromatic heterocycles. The van der Waals surface area contributed by atoms with Crippen molar-refractivity contribution in [2.24, 2.45) is 0 Å². The highest BCUT2D eigenvalue weighted by molar-refractivity contribution is 5.91. The van der Waals surface area contributed by atoms with Crippen molar-refractivity contribution in [2.75, 3.05) is 0 Å². The summed E-state index contributed by atoms with van der Waals surface area (Å²) in [5, 5.41) is 17.7. The molecular formula is C28H24O5. The molecule has 4 rings (SSSR count). The molecule has 33 heavy (non-hydrogen) atoms. The molecule has 5 nitrogen and oxygen atoms in total. The SMILES string of the molecule is Cc1ccc(-c2ccc(OC(=O)c3ccc(O)cc3)cc2)cc1.Cc1ccc(C(=O)O)cc1. The molecular weight excluding hydrogens is 416 g/mol. The maximum absolute atomic E-state index is 12.0. The number of carbonyl (C=O) groups is 2. The van der Waals surface area contributed by atoms with Gasteiger partial charge in [0.25, 0.3) is 0 Å². The molecule has 0 amide bonds. The van der Waals surface area contributed by atoms with Crippen LogP contribution in [-0.4, -0.2) is 22.2 Å². The zero-order valence-corrected chi connectivity index (χ0v) is 18.4. The van der Waals surface area contributed by atoms with Crippen molar-refractivity contribution in [3.63, 3.8) is 0 Å². The fraction of sp³-hybridized carbons (Fsp3) is 0.0714. The van der Waals surface area contributed by atoms with Gasteiger partial charge in [-0.1, -0.05) is 59.7 Å². The Hall–Kier alpha value is -4.38. The number of benzene rings is 4. The number of hydrogen-bond donors (Lipinski definition) is 2. The van der Waals surface area contributed by atoms with Gasteiger partial charge in [0.05, 0.1) is 11.1 Å². The molecule has 0 bridgehead atoms. The average Bonchev–Trinajstić information content (AvgIpc) is 2.81. The van der Waals surface area contributed by atoms with Crippen LogP contribution in [0.4, 0.5) is 0 Å². The summed E-state index contributed by atoms with van der Waals surface area (Å²) in [7, 11) is 0. The van der Waals surface area contributed by atoms with Crippen molar-refractivity contribution in [3.8, 4) is 22.6 Å². The molecule has 166 valence electrons. The average molecular weight is 440 g/mol. The molecule has 0 saturated heterocycles. The van der Waals surface area contributed by atoms with Gasteiger partial charge in [0.15, 0.2) is 0 Å². The first-order valence-electron chi connectivity index (χ1n) is 10.3. The highest BCUT2D eigenvalue weighted by atomic mass is 16.5. The fourth-order valence-electron chi connectivity index (χ4n) is 2.92. The van der Waals surface area contributed by atoms with Crippen LogP contribution < -0.4 is 4.74 Å². The van der Waals surface area contributed by atoms with Crippen LogP contribution in [0, 0.1) is 13.8 Å². The van der Waals surface area contributed by atoms with Gasteiger partial charge in [-0.3, -0.25) is 0 Å². The smallest absolute Gasteiger partial charge is 0.343 e. The van der Waals surface area contributed by atoms with Gasteiger partial charge in [0, 0.05) is 0 Å². The Labute approximate surface area is 192 Å². The minimum absolute atomic E-state index is 0.115. The highest BCUT2D eigenvalue weighted by Gasteiger charge is 2.08. The van der Waals surface area contributed by atoms with Crippen molar-refractivity contribution < 1.29 is 24.5 Å². The number of aromatic hydroxyl groups is 1. The number of rotatable bonds is 4. The van der Waals surface area contributed by atoms with Gasteiger partial charge in [-0.2, -0.15) is 0 Å². The van der Waals surface area contributed by atoms with Gasteiger partial charge in [-0.25, -0.2) is 9.59 Å². The molecule has 0 unspecified atom stereocenters. The van der Waals surface area contributed by atoms with Crippen molar-refractivity contribution >= 4 is 11.9 Å². The van der Waals surface area contributed by atoms with E-state index in [4.69, 9.17) is 9.84 Å². The van der Waals surface area contributed by atoms with E-state index >= 15 is 0 Å². The Morgan fingerprint density at radius 2 is 1.03 bits per heavy atom. The molecule has 4 aromatic rings. The molecule has 0 aliphatic rings. The van der Waals surface area contributed by atoms with Gasteiger partial charge in [-0.15, -0.1) is 0 Å². The normalized spacial score (nSPS) is 10.0. The van der Waals surface area contributed by atoms with Crippen molar-refractivity contribution in [1.29, 1.82) is 0 Å². The van der Waals surface area contributed by atoms with Gasteiger partial charge < -0.3 is 14.9 Å². The summed E-state index contributed by atoms with van der Waals surface area (Å²) in [4.78, 5) is 22.3. The van der Waals surface area contributed by atoms with E-state index in [9.17, 15) is 14.7 Å². The number of aryl methyl sites for hydroxylation is 2. The van der Waals surface area contributed by atoms with E-state index in [2.05, 4.69) is 31.2 Å². The Balaban J connectivity index is 0.000000257. The minimum Gasteiger partial charge on any atom is -0.508 e. The zero-order chi connectivity index (χ0) is 23.8. The first-order valence-corrected chi connectivity index (χ1v) is 10.3. The van der Waals surface area contributed by atoms with Crippen LogP contribution in [0.1, 0.15) is 31.8 Å². The second-order valence-corrected chi connectivity index (χ2v) is 7.50. The number of hydrogen-bond acceptors (Lipinski definition) is 4. The topological polar surface area (TPSA) is 83.8 Å². The summed E-state index contributed by atoms with van der Waals surface area (Å²) >= 11 is 0. The van der Waals surface area contributed by atoms with Crippen LogP contribution in [-0.2, 0) is 0 Å². The molecule has 4 aromatic carbocycles. The second kappa shape index (κ2) is 10.8. The first kappa shape index (κ1) is 23.3. The lowest BCUT2D eigenvalue weighted by atomic mass is 10.0. The van der Waals surface area contributed by atoms with Gasteiger partial charge >= 0.3 is 11.9 Å². The van der Waals surface area contributed by atoms with Crippen LogP contribution in [0.3, 0.4) is 0 Å². The van der Waals surface area contributed by atoms with Crippen LogP contribution in [0.2, 0.25) is 0 Å².